The maximum absolute atomic E-state index is 13.2. The monoisotopic (exact) mass is 409 g/mol. The van der Waals surface area contributed by atoms with Crippen LogP contribution in [-0.2, 0) is 11.3 Å². The van der Waals surface area contributed by atoms with Gasteiger partial charge in [0.2, 0.25) is 0 Å². The van der Waals surface area contributed by atoms with E-state index >= 15 is 0 Å². The zero-order chi connectivity index (χ0) is 19.5. The zero-order valence-electron chi connectivity index (χ0n) is 14.8. The second kappa shape index (κ2) is 8.04. The SMILES string of the molecule is O=C1N=C(CN(Cc2cccs2)C(=O)c2ccccc2Cl)N=C2C=CC=CC12. The van der Waals surface area contributed by atoms with E-state index in [1.54, 1.807) is 52.7 Å². The minimum absolute atomic E-state index is 0.126. The summed E-state index contributed by atoms with van der Waals surface area (Å²) >= 11 is 7.79. The first-order chi connectivity index (χ1) is 13.6. The molecule has 1 unspecified atom stereocenters. The van der Waals surface area contributed by atoms with Crippen LogP contribution in [0.1, 0.15) is 15.2 Å². The summed E-state index contributed by atoms with van der Waals surface area (Å²) in [7, 11) is 0. The molecule has 2 aliphatic rings. The molecule has 2 amide bonds. The lowest BCUT2D eigenvalue weighted by Gasteiger charge is -2.24. The van der Waals surface area contributed by atoms with Crippen molar-refractivity contribution in [3.8, 4) is 0 Å². The molecular formula is C21H16ClN3O2S. The van der Waals surface area contributed by atoms with E-state index < -0.39 is 5.92 Å². The number of carbonyl (C=O) groups is 2. The number of carbonyl (C=O) groups excluding carboxylic acids is 2. The molecule has 2 aromatic rings. The van der Waals surface area contributed by atoms with Gasteiger partial charge in [-0.15, -0.1) is 11.3 Å². The third-order valence-corrected chi connectivity index (χ3v) is 5.61. The Morgan fingerprint density at radius 2 is 1.96 bits per heavy atom. The molecule has 28 heavy (non-hydrogen) atoms. The molecule has 0 saturated carbocycles. The number of rotatable bonds is 5. The summed E-state index contributed by atoms with van der Waals surface area (Å²) in [6.45, 7) is 0.514. The van der Waals surface area contributed by atoms with Gasteiger partial charge in [-0.3, -0.25) is 9.59 Å². The Bertz CT molecular complexity index is 1040. The largest absolute Gasteiger partial charge is 0.326 e. The third-order valence-electron chi connectivity index (χ3n) is 4.41. The van der Waals surface area contributed by atoms with Crippen molar-refractivity contribution >= 4 is 46.3 Å². The Hall–Kier alpha value is -2.83. The minimum Gasteiger partial charge on any atom is -0.326 e. The number of amides is 2. The Morgan fingerprint density at radius 3 is 2.75 bits per heavy atom. The average molecular weight is 410 g/mol. The van der Waals surface area contributed by atoms with E-state index in [0.717, 1.165) is 4.88 Å². The highest BCUT2D eigenvalue weighted by Gasteiger charge is 2.28. The Balaban J connectivity index is 1.63. The summed E-state index contributed by atoms with van der Waals surface area (Å²) < 4.78 is 0. The lowest BCUT2D eigenvalue weighted by atomic mass is 9.96. The molecule has 0 saturated heterocycles. The predicted octanol–water partition coefficient (Wildman–Crippen LogP) is 4.17. The number of hydrogen-bond acceptors (Lipinski definition) is 4. The molecule has 0 spiro atoms. The second-order valence-electron chi connectivity index (χ2n) is 6.35. The van der Waals surface area contributed by atoms with Gasteiger partial charge in [0.1, 0.15) is 5.92 Å². The van der Waals surface area contributed by atoms with Crippen LogP contribution in [0.2, 0.25) is 5.02 Å². The number of benzene rings is 1. The quantitative estimate of drug-likeness (QED) is 0.744. The van der Waals surface area contributed by atoms with Crippen LogP contribution >= 0.6 is 22.9 Å². The number of halogens is 1. The summed E-state index contributed by atoms with van der Waals surface area (Å²) in [6.07, 6.45) is 7.23. The van der Waals surface area contributed by atoms with Crippen LogP contribution in [0.5, 0.6) is 0 Å². The van der Waals surface area contributed by atoms with Crippen molar-refractivity contribution in [1.29, 1.82) is 0 Å². The molecule has 1 aromatic heterocycles. The lowest BCUT2D eigenvalue weighted by molar-refractivity contribution is -0.118. The van der Waals surface area contributed by atoms with Gasteiger partial charge in [0.15, 0.2) is 5.84 Å². The lowest BCUT2D eigenvalue weighted by Crippen LogP contribution is -2.37. The number of amidine groups is 1. The first-order valence-corrected chi connectivity index (χ1v) is 9.98. The Morgan fingerprint density at radius 1 is 1.11 bits per heavy atom. The number of hydrogen-bond donors (Lipinski definition) is 0. The van der Waals surface area contributed by atoms with Gasteiger partial charge in [0.25, 0.3) is 11.8 Å². The van der Waals surface area contributed by atoms with Crippen molar-refractivity contribution in [3.63, 3.8) is 0 Å². The number of fused-ring (bicyclic) bond motifs is 1. The first-order valence-electron chi connectivity index (χ1n) is 8.73. The molecule has 7 heteroatoms. The zero-order valence-corrected chi connectivity index (χ0v) is 16.4. The van der Waals surface area contributed by atoms with Gasteiger partial charge in [0.05, 0.1) is 29.4 Å². The van der Waals surface area contributed by atoms with Crippen molar-refractivity contribution in [2.24, 2.45) is 15.9 Å². The van der Waals surface area contributed by atoms with Crippen molar-refractivity contribution < 1.29 is 9.59 Å². The molecule has 5 nitrogen and oxygen atoms in total. The highest BCUT2D eigenvalue weighted by Crippen LogP contribution is 2.21. The molecule has 2 heterocycles. The van der Waals surface area contributed by atoms with Gasteiger partial charge in [-0.2, -0.15) is 4.99 Å². The van der Waals surface area contributed by atoms with Crippen LogP contribution in [0.25, 0.3) is 0 Å². The molecule has 1 aliphatic heterocycles. The summed E-state index contributed by atoms with van der Waals surface area (Å²) in [5.41, 5.74) is 1.06. The third kappa shape index (κ3) is 3.88. The molecule has 0 bridgehead atoms. The van der Waals surface area contributed by atoms with Crippen molar-refractivity contribution in [1.82, 2.24) is 4.90 Å². The smallest absolute Gasteiger partial charge is 0.260 e. The van der Waals surface area contributed by atoms with Gasteiger partial charge >= 0.3 is 0 Å². The second-order valence-corrected chi connectivity index (χ2v) is 7.78. The van der Waals surface area contributed by atoms with E-state index in [1.165, 1.54) is 0 Å². The molecule has 1 atom stereocenters. The fourth-order valence-corrected chi connectivity index (χ4v) is 3.99. The van der Waals surface area contributed by atoms with Crippen LogP contribution in [0.3, 0.4) is 0 Å². The summed E-state index contributed by atoms with van der Waals surface area (Å²) in [5.74, 6) is -0.593. The van der Waals surface area contributed by atoms with E-state index in [2.05, 4.69) is 9.98 Å². The fraction of sp³-hybridized carbons (Fsp3) is 0.143. The van der Waals surface area contributed by atoms with E-state index in [1.807, 2.05) is 29.7 Å². The maximum Gasteiger partial charge on any atom is 0.260 e. The predicted molar refractivity (Wildman–Crippen MR) is 112 cm³/mol. The Labute approximate surface area is 171 Å². The van der Waals surface area contributed by atoms with Crippen molar-refractivity contribution in [2.45, 2.75) is 6.54 Å². The fourth-order valence-electron chi connectivity index (χ4n) is 3.05. The van der Waals surface area contributed by atoms with Gasteiger partial charge in [-0.1, -0.05) is 48.0 Å². The van der Waals surface area contributed by atoms with E-state index in [0.29, 0.717) is 28.7 Å². The highest BCUT2D eigenvalue weighted by molar-refractivity contribution is 7.09. The summed E-state index contributed by atoms with van der Waals surface area (Å²) in [5, 5.41) is 2.34. The van der Waals surface area contributed by atoms with E-state index in [9.17, 15) is 9.59 Å². The molecule has 0 radical (unpaired) electrons. The normalized spacial score (nSPS) is 17.8. The number of nitrogens with zero attached hydrogens (tertiary/aromatic N) is 3. The number of aliphatic imine (C=N–C) groups is 2. The van der Waals surface area contributed by atoms with E-state index in [-0.39, 0.29) is 18.4 Å². The van der Waals surface area contributed by atoms with Crippen LogP contribution in [-0.4, -0.2) is 34.8 Å². The van der Waals surface area contributed by atoms with Gasteiger partial charge in [0, 0.05) is 4.88 Å². The molecule has 140 valence electrons. The molecular weight excluding hydrogens is 394 g/mol. The topological polar surface area (TPSA) is 62.1 Å². The standard InChI is InChI=1S/C21H16ClN3O2S/c22-17-9-3-1-7-15(17)21(27)25(12-14-6-5-11-28-14)13-19-23-18-10-4-2-8-16(18)20(26)24-19/h1-11,16H,12-13H2. The highest BCUT2D eigenvalue weighted by atomic mass is 35.5. The summed E-state index contributed by atoms with van der Waals surface area (Å²) in [4.78, 5) is 36.8. The van der Waals surface area contributed by atoms with Gasteiger partial charge < -0.3 is 4.90 Å². The molecule has 1 aliphatic carbocycles. The Kier molecular flexibility index (Phi) is 5.32. The summed E-state index contributed by atoms with van der Waals surface area (Å²) in [6, 6.07) is 10.8. The van der Waals surface area contributed by atoms with Crippen molar-refractivity contribution in [3.05, 3.63) is 81.5 Å². The number of allylic oxidation sites excluding steroid dienone is 3. The van der Waals surface area contributed by atoms with Crippen LogP contribution in [0, 0.1) is 5.92 Å². The molecule has 0 fully saturated rings. The minimum atomic E-state index is -0.432. The number of thiophene rings is 1. The van der Waals surface area contributed by atoms with Crippen LogP contribution < -0.4 is 0 Å². The van der Waals surface area contributed by atoms with Crippen LogP contribution in [0.4, 0.5) is 0 Å². The average Bonchev–Trinajstić information content (AvgIpc) is 3.21. The first kappa shape index (κ1) is 18.5. The molecule has 1 aromatic carbocycles. The van der Waals surface area contributed by atoms with Crippen LogP contribution in [0.15, 0.2) is 76.1 Å². The molecule has 0 N–H and O–H groups in total. The molecule has 4 rings (SSSR count). The van der Waals surface area contributed by atoms with E-state index in [4.69, 9.17) is 11.6 Å². The van der Waals surface area contributed by atoms with Gasteiger partial charge in [-0.25, -0.2) is 4.99 Å². The van der Waals surface area contributed by atoms with Gasteiger partial charge in [-0.05, 0) is 29.7 Å². The maximum atomic E-state index is 13.2. The van der Waals surface area contributed by atoms with Crippen molar-refractivity contribution in [2.75, 3.05) is 6.54 Å².